The Morgan fingerprint density at radius 1 is 1.12 bits per heavy atom. The molecule has 0 unspecified atom stereocenters. The molecule has 8 heteroatoms. The van der Waals surface area contributed by atoms with Crippen molar-refractivity contribution in [2.24, 2.45) is 0 Å². The molecule has 124 valence electrons. The fourth-order valence-corrected chi connectivity index (χ4v) is 3.81. The molecule has 24 heavy (non-hydrogen) atoms. The van der Waals surface area contributed by atoms with Crippen LogP contribution in [0.1, 0.15) is 18.4 Å². The standard InChI is InChI=1S/C16H12Br2N2O4/c17-12-7-10(20(22)23)8-13(18)16(12)24-11-4-5-14-9(6-11)2-1-3-15(21)19-14/h4-8H,1-3H2,(H,19,21). The largest absolute Gasteiger partial charge is 0.455 e. The number of halogens is 2. The van der Waals surface area contributed by atoms with E-state index in [2.05, 4.69) is 37.2 Å². The Labute approximate surface area is 154 Å². The van der Waals surface area contributed by atoms with Gasteiger partial charge < -0.3 is 10.1 Å². The summed E-state index contributed by atoms with van der Waals surface area (Å²) >= 11 is 6.61. The number of benzene rings is 2. The molecule has 3 rings (SSSR count). The summed E-state index contributed by atoms with van der Waals surface area (Å²) in [5, 5.41) is 13.8. The van der Waals surface area contributed by atoms with Gasteiger partial charge in [-0.05, 0) is 68.5 Å². The third-order valence-electron chi connectivity index (χ3n) is 3.61. The average Bonchev–Trinajstić information content (AvgIpc) is 2.70. The smallest absolute Gasteiger partial charge is 0.271 e. The van der Waals surface area contributed by atoms with Crippen LogP contribution in [-0.2, 0) is 11.2 Å². The predicted octanol–water partition coefficient (Wildman–Crippen LogP) is 5.19. The lowest BCUT2D eigenvalue weighted by atomic mass is 10.1. The molecule has 0 atom stereocenters. The van der Waals surface area contributed by atoms with Crippen LogP contribution in [0.15, 0.2) is 39.3 Å². The number of non-ortho nitro benzene ring substituents is 1. The van der Waals surface area contributed by atoms with Crippen LogP contribution in [0.25, 0.3) is 0 Å². The van der Waals surface area contributed by atoms with E-state index < -0.39 is 4.92 Å². The van der Waals surface area contributed by atoms with E-state index in [1.807, 2.05) is 6.07 Å². The minimum absolute atomic E-state index is 0.0169. The number of anilines is 1. The van der Waals surface area contributed by atoms with Gasteiger partial charge in [0.2, 0.25) is 5.91 Å². The zero-order valence-corrected chi connectivity index (χ0v) is 15.5. The maximum absolute atomic E-state index is 11.6. The summed E-state index contributed by atoms with van der Waals surface area (Å²) < 4.78 is 6.84. The molecule has 0 bridgehead atoms. The summed E-state index contributed by atoms with van der Waals surface area (Å²) in [6.07, 6.45) is 2.07. The van der Waals surface area contributed by atoms with Gasteiger partial charge in [0.15, 0.2) is 5.75 Å². The van der Waals surface area contributed by atoms with Crippen LogP contribution in [0, 0.1) is 10.1 Å². The van der Waals surface area contributed by atoms with E-state index in [9.17, 15) is 14.9 Å². The number of carbonyl (C=O) groups is 1. The Balaban J connectivity index is 1.91. The first-order valence-corrected chi connectivity index (χ1v) is 8.76. The quantitative estimate of drug-likeness (QED) is 0.510. The highest BCUT2D eigenvalue weighted by atomic mass is 79.9. The minimum atomic E-state index is -0.468. The van der Waals surface area contributed by atoms with Crippen molar-refractivity contribution < 1.29 is 14.5 Å². The number of rotatable bonds is 3. The molecule has 1 heterocycles. The molecule has 0 aromatic heterocycles. The highest BCUT2D eigenvalue weighted by molar-refractivity contribution is 9.11. The van der Waals surface area contributed by atoms with Gasteiger partial charge in [0, 0.05) is 24.2 Å². The Bertz CT molecular complexity index is 816. The van der Waals surface area contributed by atoms with Crippen LogP contribution < -0.4 is 10.1 Å². The lowest BCUT2D eigenvalue weighted by Crippen LogP contribution is -2.09. The van der Waals surface area contributed by atoms with Crippen LogP contribution in [0.3, 0.4) is 0 Å². The van der Waals surface area contributed by atoms with Crippen molar-refractivity contribution in [1.82, 2.24) is 0 Å². The molecular formula is C16H12Br2N2O4. The second-order valence-corrected chi connectivity index (χ2v) is 7.03. The normalized spacial score (nSPS) is 13.7. The molecule has 0 aliphatic carbocycles. The predicted molar refractivity (Wildman–Crippen MR) is 96.6 cm³/mol. The van der Waals surface area contributed by atoms with Crippen LogP contribution >= 0.6 is 31.9 Å². The Morgan fingerprint density at radius 2 is 1.83 bits per heavy atom. The number of aryl methyl sites for hydroxylation is 1. The number of hydrogen-bond acceptors (Lipinski definition) is 4. The second-order valence-electron chi connectivity index (χ2n) is 5.32. The zero-order chi connectivity index (χ0) is 17.3. The van der Waals surface area contributed by atoms with E-state index in [1.54, 1.807) is 12.1 Å². The molecule has 1 aliphatic heterocycles. The molecule has 6 nitrogen and oxygen atoms in total. The summed E-state index contributed by atoms with van der Waals surface area (Å²) in [5.41, 5.74) is 1.77. The number of amides is 1. The molecular weight excluding hydrogens is 444 g/mol. The van der Waals surface area contributed by atoms with Gasteiger partial charge in [-0.15, -0.1) is 0 Å². The van der Waals surface area contributed by atoms with Crippen LogP contribution in [0.5, 0.6) is 11.5 Å². The van der Waals surface area contributed by atoms with Crippen molar-refractivity contribution in [3.63, 3.8) is 0 Å². The van der Waals surface area contributed by atoms with E-state index >= 15 is 0 Å². The van der Waals surface area contributed by atoms with E-state index in [4.69, 9.17) is 4.74 Å². The highest BCUT2D eigenvalue weighted by Crippen LogP contribution is 2.40. The molecule has 1 amide bonds. The van der Waals surface area contributed by atoms with Crippen molar-refractivity contribution in [2.75, 3.05) is 5.32 Å². The first-order valence-electron chi connectivity index (χ1n) is 7.18. The first-order chi connectivity index (χ1) is 11.4. The lowest BCUT2D eigenvalue weighted by Gasteiger charge is -2.13. The highest BCUT2D eigenvalue weighted by Gasteiger charge is 2.17. The van der Waals surface area contributed by atoms with Gasteiger partial charge >= 0.3 is 0 Å². The Morgan fingerprint density at radius 3 is 2.50 bits per heavy atom. The Hall–Kier alpha value is -1.93. The van der Waals surface area contributed by atoms with E-state index in [0.29, 0.717) is 26.9 Å². The topological polar surface area (TPSA) is 81.5 Å². The van der Waals surface area contributed by atoms with Crippen molar-refractivity contribution in [3.8, 4) is 11.5 Å². The van der Waals surface area contributed by atoms with E-state index in [0.717, 1.165) is 24.1 Å². The number of nitro groups is 1. The van der Waals surface area contributed by atoms with Crippen molar-refractivity contribution in [1.29, 1.82) is 0 Å². The maximum atomic E-state index is 11.6. The van der Waals surface area contributed by atoms with E-state index in [1.165, 1.54) is 12.1 Å². The molecule has 0 fully saturated rings. The summed E-state index contributed by atoms with van der Waals surface area (Å²) in [4.78, 5) is 22.0. The molecule has 0 spiro atoms. The Kier molecular flexibility index (Phi) is 4.86. The number of ether oxygens (including phenoxy) is 1. The summed E-state index contributed by atoms with van der Waals surface area (Å²) in [6.45, 7) is 0. The molecule has 1 N–H and O–H groups in total. The first kappa shape index (κ1) is 16.9. The van der Waals surface area contributed by atoms with Crippen molar-refractivity contribution >= 4 is 49.1 Å². The molecule has 0 saturated heterocycles. The van der Waals surface area contributed by atoms with E-state index in [-0.39, 0.29) is 11.6 Å². The molecule has 1 aliphatic rings. The maximum Gasteiger partial charge on any atom is 0.271 e. The summed E-state index contributed by atoms with van der Waals surface area (Å²) in [7, 11) is 0. The number of nitro benzene ring substituents is 1. The third-order valence-corrected chi connectivity index (χ3v) is 4.79. The third kappa shape index (κ3) is 3.59. The van der Waals surface area contributed by atoms with Gasteiger partial charge in [-0.25, -0.2) is 0 Å². The molecule has 0 saturated carbocycles. The number of nitrogens with zero attached hydrogens (tertiary/aromatic N) is 1. The zero-order valence-electron chi connectivity index (χ0n) is 12.3. The van der Waals surface area contributed by atoms with Crippen LogP contribution in [-0.4, -0.2) is 10.8 Å². The van der Waals surface area contributed by atoms with Gasteiger partial charge in [0.25, 0.3) is 5.69 Å². The summed E-state index contributed by atoms with van der Waals surface area (Å²) in [6, 6.07) is 8.22. The molecule has 2 aromatic carbocycles. The number of hydrogen-bond donors (Lipinski definition) is 1. The van der Waals surface area contributed by atoms with Gasteiger partial charge in [-0.2, -0.15) is 0 Å². The van der Waals surface area contributed by atoms with Gasteiger partial charge in [0.1, 0.15) is 5.75 Å². The van der Waals surface area contributed by atoms with Crippen molar-refractivity contribution in [2.45, 2.75) is 19.3 Å². The second kappa shape index (κ2) is 6.90. The van der Waals surface area contributed by atoms with Crippen LogP contribution in [0.2, 0.25) is 0 Å². The number of carbonyl (C=O) groups excluding carboxylic acids is 1. The van der Waals surface area contributed by atoms with Gasteiger partial charge in [-0.3, -0.25) is 14.9 Å². The molecule has 0 radical (unpaired) electrons. The molecule has 2 aromatic rings. The monoisotopic (exact) mass is 454 g/mol. The fraction of sp³-hybridized carbons (Fsp3) is 0.188. The van der Waals surface area contributed by atoms with Crippen molar-refractivity contribution in [3.05, 3.63) is 55.0 Å². The van der Waals surface area contributed by atoms with Gasteiger partial charge in [-0.1, -0.05) is 0 Å². The number of nitrogens with one attached hydrogen (secondary N) is 1. The summed E-state index contributed by atoms with van der Waals surface area (Å²) in [5.74, 6) is 1.07. The van der Waals surface area contributed by atoms with Gasteiger partial charge in [0.05, 0.1) is 13.9 Å². The lowest BCUT2D eigenvalue weighted by molar-refractivity contribution is -0.385. The van der Waals surface area contributed by atoms with Crippen LogP contribution in [0.4, 0.5) is 11.4 Å². The minimum Gasteiger partial charge on any atom is -0.455 e. The number of fused-ring (bicyclic) bond motifs is 1. The SMILES string of the molecule is O=C1CCCc2cc(Oc3c(Br)cc([N+](=O)[O-])cc3Br)ccc2N1. The average molecular weight is 456 g/mol. The fourth-order valence-electron chi connectivity index (χ4n) is 2.48.